The lowest BCUT2D eigenvalue weighted by atomic mass is 10.0. The SMILES string of the molecule is Cc1c(C(=O)N2CCCC2c2cccc(F)c2)nnn1C1CCNCC1. The van der Waals surface area contributed by atoms with Crippen LogP contribution in [0.15, 0.2) is 24.3 Å². The number of nitrogens with zero attached hydrogens (tertiary/aromatic N) is 4. The molecule has 1 atom stereocenters. The Hall–Kier alpha value is -2.28. The molecule has 1 aromatic heterocycles. The first-order chi connectivity index (χ1) is 12.6. The summed E-state index contributed by atoms with van der Waals surface area (Å²) in [4.78, 5) is 15.0. The van der Waals surface area contributed by atoms with Crippen molar-refractivity contribution in [2.45, 2.75) is 44.7 Å². The molecule has 2 aliphatic rings. The van der Waals surface area contributed by atoms with Gasteiger partial charge in [-0.15, -0.1) is 5.10 Å². The summed E-state index contributed by atoms with van der Waals surface area (Å²) in [5.74, 6) is -0.371. The van der Waals surface area contributed by atoms with Crippen molar-refractivity contribution in [1.82, 2.24) is 25.2 Å². The third-order valence-corrected chi connectivity index (χ3v) is 5.53. The van der Waals surface area contributed by atoms with Crippen LogP contribution in [0.25, 0.3) is 0 Å². The lowest BCUT2D eigenvalue weighted by molar-refractivity contribution is 0.0728. The Morgan fingerprint density at radius 2 is 2.08 bits per heavy atom. The van der Waals surface area contributed by atoms with E-state index < -0.39 is 0 Å². The number of hydrogen-bond donors (Lipinski definition) is 1. The van der Waals surface area contributed by atoms with Crippen LogP contribution in [0, 0.1) is 12.7 Å². The Bertz CT molecular complexity index is 799. The van der Waals surface area contributed by atoms with Gasteiger partial charge in [0.1, 0.15) is 5.82 Å². The molecular formula is C19H24FN5O. The highest BCUT2D eigenvalue weighted by atomic mass is 19.1. The number of aromatic nitrogens is 3. The molecule has 1 aromatic carbocycles. The molecule has 0 saturated carbocycles. The number of piperidine rings is 1. The number of rotatable bonds is 3. The number of halogens is 1. The number of likely N-dealkylation sites (tertiary alicyclic amines) is 1. The van der Waals surface area contributed by atoms with E-state index in [0.717, 1.165) is 50.0 Å². The topological polar surface area (TPSA) is 63.1 Å². The maximum absolute atomic E-state index is 13.6. The van der Waals surface area contributed by atoms with E-state index in [1.54, 1.807) is 6.07 Å². The minimum atomic E-state index is -0.269. The molecule has 26 heavy (non-hydrogen) atoms. The number of carbonyl (C=O) groups is 1. The summed E-state index contributed by atoms with van der Waals surface area (Å²) in [6, 6.07) is 6.74. The largest absolute Gasteiger partial charge is 0.330 e. The van der Waals surface area contributed by atoms with Gasteiger partial charge in [0.2, 0.25) is 0 Å². The van der Waals surface area contributed by atoms with Crippen LogP contribution in [0.1, 0.15) is 59.5 Å². The summed E-state index contributed by atoms with van der Waals surface area (Å²) in [5.41, 5.74) is 2.10. The van der Waals surface area contributed by atoms with Gasteiger partial charge in [0.25, 0.3) is 5.91 Å². The highest BCUT2D eigenvalue weighted by molar-refractivity contribution is 5.93. The molecular weight excluding hydrogens is 333 g/mol. The van der Waals surface area contributed by atoms with Gasteiger partial charge in [-0.2, -0.15) is 0 Å². The summed E-state index contributed by atoms with van der Waals surface area (Å²) >= 11 is 0. The number of amides is 1. The second-order valence-electron chi connectivity index (χ2n) is 7.16. The minimum absolute atomic E-state index is 0.0957. The quantitative estimate of drug-likeness (QED) is 0.917. The van der Waals surface area contributed by atoms with Gasteiger partial charge >= 0.3 is 0 Å². The average Bonchev–Trinajstić information content (AvgIpc) is 3.29. The molecule has 2 fully saturated rings. The van der Waals surface area contributed by atoms with E-state index in [9.17, 15) is 9.18 Å². The monoisotopic (exact) mass is 357 g/mol. The van der Waals surface area contributed by atoms with Gasteiger partial charge in [0.05, 0.1) is 17.8 Å². The smallest absolute Gasteiger partial charge is 0.276 e. The van der Waals surface area contributed by atoms with Crippen LogP contribution in [0.2, 0.25) is 0 Å². The summed E-state index contributed by atoms with van der Waals surface area (Å²) in [6.45, 7) is 4.50. The lowest BCUT2D eigenvalue weighted by Gasteiger charge is -2.25. The number of benzene rings is 1. The molecule has 1 unspecified atom stereocenters. The second kappa shape index (κ2) is 7.15. The Morgan fingerprint density at radius 3 is 2.85 bits per heavy atom. The Balaban J connectivity index is 1.58. The van der Waals surface area contributed by atoms with Crippen molar-refractivity contribution in [1.29, 1.82) is 0 Å². The fourth-order valence-electron chi connectivity index (χ4n) is 4.14. The van der Waals surface area contributed by atoms with Crippen LogP contribution in [0.4, 0.5) is 4.39 Å². The van der Waals surface area contributed by atoms with Crippen molar-refractivity contribution >= 4 is 5.91 Å². The fraction of sp³-hybridized carbons (Fsp3) is 0.526. The van der Waals surface area contributed by atoms with Crippen LogP contribution in [0.5, 0.6) is 0 Å². The lowest BCUT2D eigenvalue weighted by Crippen LogP contribution is -2.32. The molecule has 2 aliphatic heterocycles. The molecule has 1 N–H and O–H groups in total. The molecule has 0 spiro atoms. The highest BCUT2D eigenvalue weighted by Gasteiger charge is 2.34. The number of nitrogens with one attached hydrogen (secondary N) is 1. The van der Waals surface area contributed by atoms with Crippen molar-refractivity contribution in [3.63, 3.8) is 0 Å². The molecule has 7 heteroatoms. The maximum Gasteiger partial charge on any atom is 0.276 e. The Morgan fingerprint density at radius 1 is 1.27 bits per heavy atom. The van der Waals surface area contributed by atoms with Gasteiger partial charge < -0.3 is 10.2 Å². The first-order valence-corrected chi connectivity index (χ1v) is 9.34. The van der Waals surface area contributed by atoms with Crippen LogP contribution in [0.3, 0.4) is 0 Å². The molecule has 0 aliphatic carbocycles. The second-order valence-corrected chi connectivity index (χ2v) is 7.16. The van der Waals surface area contributed by atoms with Crippen molar-refractivity contribution in [3.8, 4) is 0 Å². The summed E-state index contributed by atoms with van der Waals surface area (Å²) in [7, 11) is 0. The van der Waals surface area contributed by atoms with Crippen molar-refractivity contribution in [2.75, 3.05) is 19.6 Å². The fourth-order valence-corrected chi connectivity index (χ4v) is 4.14. The van der Waals surface area contributed by atoms with Crippen LogP contribution in [-0.2, 0) is 0 Å². The van der Waals surface area contributed by atoms with E-state index in [0.29, 0.717) is 18.3 Å². The molecule has 0 radical (unpaired) electrons. The van der Waals surface area contributed by atoms with Crippen LogP contribution < -0.4 is 5.32 Å². The molecule has 6 nitrogen and oxygen atoms in total. The molecule has 2 aromatic rings. The first kappa shape index (κ1) is 17.1. The maximum atomic E-state index is 13.6. The number of hydrogen-bond acceptors (Lipinski definition) is 4. The van der Waals surface area contributed by atoms with Gasteiger partial charge in [-0.05, 0) is 63.4 Å². The van der Waals surface area contributed by atoms with E-state index in [1.165, 1.54) is 12.1 Å². The third-order valence-electron chi connectivity index (χ3n) is 5.53. The average molecular weight is 357 g/mol. The molecule has 138 valence electrons. The van der Waals surface area contributed by atoms with Crippen molar-refractivity contribution < 1.29 is 9.18 Å². The Labute approximate surface area is 152 Å². The minimum Gasteiger partial charge on any atom is -0.330 e. The van der Waals surface area contributed by atoms with E-state index in [-0.39, 0.29) is 17.8 Å². The zero-order valence-electron chi connectivity index (χ0n) is 15.0. The van der Waals surface area contributed by atoms with E-state index in [1.807, 2.05) is 22.6 Å². The Kier molecular flexibility index (Phi) is 4.72. The summed E-state index contributed by atoms with van der Waals surface area (Å²) < 4.78 is 15.5. The molecule has 3 heterocycles. The number of carbonyl (C=O) groups excluding carboxylic acids is 1. The van der Waals surface area contributed by atoms with Crippen molar-refractivity contribution in [3.05, 3.63) is 47.0 Å². The molecule has 0 bridgehead atoms. The van der Waals surface area contributed by atoms with E-state index >= 15 is 0 Å². The molecule has 4 rings (SSSR count). The van der Waals surface area contributed by atoms with Gasteiger partial charge in [0.15, 0.2) is 5.69 Å². The zero-order valence-corrected chi connectivity index (χ0v) is 15.0. The van der Waals surface area contributed by atoms with E-state index in [4.69, 9.17) is 0 Å². The van der Waals surface area contributed by atoms with E-state index in [2.05, 4.69) is 15.6 Å². The zero-order chi connectivity index (χ0) is 18.1. The first-order valence-electron chi connectivity index (χ1n) is 9.34. The molecule has 1 amide bonds. The normalized spacial score (nSPS) is 21.3. The van der Waals surface area contributed by atoms with Gasteiger partial charge in [-0.3, -0.25) is 4.79 Å². The standard InChI is InChI=1S/C19H24FN5O/c1-13-18(22-23-25(13)16-7-9-21-10-8-16)19(26)24-11-3-6-17(24)14-4-2-5-15(20)12-14/h2,4-5,12,16-17,21H,3,6-11H2,1H3. The van der Waals surface area contributed by atoms with Crippen LogP contribution in [-0.4, -0.2) is 45.4 Å². The van der Waals surface area contributed by atoms with Gasteiger partial charge in [-0.25, -0.2) is 9.07 Å². The predicted octanol–water partition coefficient (Wildman–Crippen LogP) is 2.63. The van der Waals surface area contributed by atoms with Gasteiger partial charge in [-0.1, -0.05) is 17.3 Å². The summed E-state index contributed by atoms with van der Waals surface area (Å²) in [6.07, 6.45) is 3.74. The highest BCUT2D eigenvalue weighted by Crippen LogP contribution is 2.33. The van der Waals surface area contributed by atoms with Crippen molar-refractivity contribution in [2.24, 2.45) is 0 Å². The summed E-state index contributed by atoms with van der Waals surface area (Å²) in [5, 5.41) is 11.8. The predicted molar refractivity (Wildman–Crippen MR) is 95.3 cm³/mol. The molecule has 2 saturated heterocycles. The third kappa shape index (κ3) is 3.11. The van der Waals surface area contributed by atoms with Gasteiger partial charge in [0, 0.05) is 6.54 Å². The van der Waals surface area contributed by atoms with Crippen LogP contribution >= 0.6 is 0 Å².